The molecule has 4 nitrogen and oxygen atoms in total. The zero-order valence-electron chi connectivity index (χ0n) is 12.1. The van der Waals surface area contributed by atoms with Gasteiger partial charge in [-0.25, -0.2) is 0 Å². The van der Waals surface area contributed by atoms with Gasteiger partial charge < -0.3 is 4.90 Å². The van der Waals surface area contributed by atoms with Gasteiger partial charge in [-0.2, -0.15) is 5.10 Å². The van der Waals surface area contributed by atoms with E-state index >= 15 is 0 Å². The van der Waals surface area contributed by atoms with Crippen LogP contribution in [0.4, 0.5) is 0 Å². The van der Waals surface area contributed by atoms with Crippen molar-refractivity contribution >= 4 is 17.5 Å². The molecule has 3 rings (SSSR count). The van der Waals surface area contributed by atoms with E-state index in [0.717, 1.165) is 5.56 Å². The fourth-order valence-corrected chi connectivity index (χ4v) is 2.74. The molecular weight excluding hydrogens is 286 g/mol. The Morgan fingerprint density at radius 2 is 2.14 bits per heavy atom. The van der Waals surface area contributed by atoms with Crippen molar-refractivity contribution < 1.29 is 4.79 Å². The minimum atomic E-state index is -0.0276. The number of carbonyl (C=O) groups excluding carboxylic acids is 1. The van der Waals surface area contributed by atoms with Gasteiger partial charge in [-0.05, 0) is 37.8 Å². The largest absolute Gasteiger partial charge is 0.337 e. The number of hydrogen-bond donors (Lipinski definition) is 1. The highest BCUT2D eigenvalue weighted by Gasteiger charge is 2.33. The second kappa shape index (κ2) is 5.53. The second-order valence-corrected chi connectivity index (χ2v) is 6.05. The monoisotopic (exact) mass is 303 g/mol. The highest BCUT2D eigenvalue weighted by Crippen LogP contribution is 2.35. The van der Waals surface area contributed by atoms with Gasteiger partial charge in [0, 0.05) is 18.7 Å². The summed E-state index contributed by atoms with van der Waals surface area (Å²) in [5.74, 6) is 0.616. The average molecular weight is 304 g/mol. The van der Waals surface area contributed by atoms with Crippen LogP contribution in [0.15, 0.2) is 30.3 Å². The Hall–Kier alpha value is -1.81. The molecule has 110 valence electrons. The van der Waals surface area contributed by atoms with Crippen molar-refractivity contribution in [3.63, 3.8) is 0 Å². The lowest BCUT2D eigenvalue weighted by atomic mass is 10.1. The van der Waals surface area contributed by atoms with E-state index in [1.807, 2.05) is 31.3 Å². The molecule has 21 heavy (non-hydrogen) atoms. The van der Waals surface area contributed by atoms with Crippen LogP contribution < -0.4 is 0 Å². The van der Waals surface area contributed by atoms with Crippen LogP contribution in [0, 0.1) is 5.92 Å². The SMILES string of the molecule is CC(C1CC1)N(C)C(=O)c1cc(-c2ccccc2Cl)n[nH]1. The fourth-order valence-electron chi connectivity index (χ4n) is 2.51. The third-order valence-electron chi connectivity index (χ3n) is 4.19. The van der Waals surface area contributed by atoms with Crippen LogP contribution in [0.3, 0.4) is 0 Å². The van der Waals surface area contributed by atoms with Crippen LogP contribution in [0.5, 0.6) is 0 Å². The van der Waals surface area contributed by atoms with Crippen LogP contribution in [-0.4, -0.2) is 34.1 Å². The number of nitrogens with zero attached hydrogens (tertiary/aromatic N) is 2. The van der Waals surface area contributed by atoms with Crippen molar-refractivity contribution in [3.8, 4) is 11.3 Å². The molecule has 1 fully saturated rings. The van der Waals surface area contributed by atoms with Crippen LogP contribution >= 0.6 is 11.6 Å². The third-order valence-corrected chi connectivity index (χ3v) is 4.52. The van der Waals surface area contributed by atoms with Gasteiger partial charge in [-0.15, -0.1) is 0 Å². The van der Waals surface area contributed by atoms with Crippen LogP contribution in [0.2, 0.25) is 5.02 Å². The van der Waals surface area contributed by atoms with E-state index in [9.17, 15) is 4.79 Å². The van der Waals surface area contributed by atoms with E-state index < -0.39 is 0 Å². The van der Waals surface area contributed by atoms with Crippen LogP contribution in [0.25, 0.3) is 11.3 Å². The van der Waals surface area contributed by atoms with Gasteiger partial charge in [0.1, 0.15) is 5.69 Å². The van der Waals surface area contributed by atoms with E-state index in [1.165, 1.54) is 12.8 Å². The van der Waals surface area contributed by atoms with Crippen LogP contribution in [0.1, 0.15) is 30.3 Å². The summed E-state index contributed by atoms with van der Waals surface area (Å²) < 4.78 is 0. The van der Waals surface area contributed by atoms with Crippen molar-refractivity contribution in [3.05, 3.63) is 41.0 Å². The molecule has 0 bridgehead atoms. The molecule has 0 radical (unpaired) electrons. The first-order chi connectivity index (χ1) is 10.1. The number of H-pyrrole nitrogens is 1. The smallest absolute Gasteiger partial charge is 0.271 e. The lowest BCUT2D eigenvalue weighted by Crippen LogP contribution is -2.36. The molecule has 1 aromatic carbocycles. The summed E-state index contributed by atoms with van der Waals surface area (Å²) in [7, 11) is 1.85. The Bertz CT molecular complexity index is 663. The van der Waals surface area contributed by atoms with E-state index in [0.29, 0.717) is 22.3 Å². The lowest BCUT2D eigenvalue weighted by Gasteiger charge is -2.24. The van der Waals surface area contributed by atoms with E-state index in [4.69, 9.17) is 11.6 Å². The summed E-state index contributed by atoms with van der Waals surface area (Å²) in [6.45, 7) is 2.10. The summed E-state index contributed by atoms with van der Waals surface area (Å²) in [5, 5.41) is 7.67. The number of aromatic amines is 1. The predicted molar refractivity (Wildman–Crippen MR) is 83.3 cm³/mol. The predicted octanol–water partition coefficient (Wildman–Crippen LogP) is 3.60. The number of rotatable bonds is 4. The Balaban J connectivity index is 1.81. The van der Waals surface area contributed by atoms with Gasteiger partial charge in [0.15, 0.2) is 0 Å². The standard InChI is InChI=1S/C16H18ClN3O/c1-10(11-7-8-11)20(2)16(21)15-9-14(18-19-15)12-5-3-4-6-13(12)17/h3-6,9-11H,7-8H2,1-2H3,(H,18,19). The topological polar surface area (TPSA) is 49.0 Å². The second-order valence-electron chi connectivity index (χ2n) is 5.64. The normalized spacial score (nSPS) is 15.8. The van der Waals surface area contributed by atoms with Crippen molar-refractivity contribution in [1.82, 2.24) is 15.1 Å². The van der Waals surface area contributed by atoms with Gasteiger partial charge >= 0.3 is 0 Å². The number of carbonyl (C=O) groups is 1. The number of halogens is 1. The summed E-state index contributed by atoms with van der Waals surface area (Å²) in [5.41, 5.74) is 2.02. The first-order valence-corrected chi connectivity index (χ1v) is 7.53. The molecule has 1 aliphatic rings. The molecule has 1 aromatic heterocycles. The number of benzene rings is 1. The number of nitrogens with one attached hydrogen (secondary N) is 1. The maximum Gasteiger partial charge on any atom is 0.271 e. The van der Waals surface area contributed by atoms with Crippen molar-refractivity contribution in [2.45, 2.75) is 25.8 Å². The molecule has 1 heterocycles. The van der Waals surface area contributed by atoms with E-state index in [1.54, 1.807) is 11.0 Å². The quantitative estimate of drug-likeness (QED) is 0.938. The molecule has 1 N–H and O–H groups in total. The highest BCUT2D eigenvalue weighted by molar-refractivity contribution is 6.33. The van der Waals surface area contributed by atoms with Crippen molar-refractivity contribution in [2.75, 3.05) is 7.05 Å². The molecule has 0 saturated heterocycles. The van der Waals surface area contributed by atoms with Gasteiger partial charge in [0.2, 0.25) is 0 Å². The zero-order chi connectivity index (χ0) is 15.0. The third kappa shape index (κ3) is 2.81. The molecule has 0 aliphatic heterocycles. The minimum Gasteiger partial charge on any atom is -0.337 e. The van der Waals surface area contributed by atoms with E-state index in [-0.39, 0.29) is 11.9 Å². The zero-order valence-corrected chi connectivity index (χ0v) is 12.9. The molecule has 5 heteroatoms. The molecule has 1 aliphatic carbocycles. The molecular formula is C16H18ClN3O. The van der Waals surface area contributed by atoms with Crippen molar-refractivity contribution in [2.24, 2.45) is 5.92 Å². The molecule has 0 spiro atoms. The summed E-state index contributed by atoms with van der Waals surface area (Å²) in [6, 6.07) is 9.51. The number of amides is 1. The molecule has 2 aromatic rings. The molecule has 1 amide bonds. The summed E-state index contributed by atoms with van der Waals surface area (Å²) in [6.07, 6.45) is 2.43. The number of hydrogen-bond acceptors (Lipinski definition) is 2. The summed E-state index contributed by atoms with van der Waals surface area (Å²) in [4.78, 5) is 14.3. The van der Waals surface area contributed by atoms with Gasteiger partial charge in [-0.3, -0.25) is 9.89 Å². The Morgan fingerprint density at radius 1 is 1.43 bits per heavy atom. The average Bonchev–Trinajstić information content (AvgIpc) is 3.23. The molecule has 1 unspecified atom stereocenters. The minimum absolute atomic E-state index is 0.0276. The van der Waals surface area contributed by atoms with Crippen molar-refractivity contribution in [1.29, 1.82) is 0 Å². The van der Waals surface area contributed by atoms with Gasteiger partial charge in [0.25, 0.3) is 5.91 Å². The molecule has 1 atom stereocenters. The fraction of sp³-hybridized carbons (Fsp3) is 0.375. The molecule has 1 saturated carbocycles. The van der Waals surface area contributed by atoms with Crippen LogP contribution in [-0.2, 0) is 0 Å². The maximum atomic E-state index is 12.5. The maximum absolute atomic E-state index is 12.5. The Kier molecular flexibility index (Phi) is 3.72. The Labute approximate surface area is 129 Å². The highest BCUT2D eigenvalue weighted by atomic mass is 35.5. The number of aromatic nitrogens is 2. The Morgan fingerprint density at radius 3 is 2.81 bits per heavy atom. The first-order valence-electron chi connectivity index (χ1n) is 7.15. The summed E-state index contributed by atoms with van der Waals surface area (Å²) >= 11 is 6.16. The van der Waals surface area contributed by atoms with Gasteiger partial charge in [-0.1, -0.05) is 29.8 Å². The van der Waals surface area contributed by atoms with E-state index in [2.05, 4.69) is 17.1 Å². The first kappa shape index (κ1) is 14.1. The lowest BCUT2D eigenvalue weighted by molar-refractivity contribution is 0.0721. The van der Waals surface area contributed by atoms with Gasteiger partial charge in [0.05, 0.1) is 10.7 Å².